The number of esters is 1. The molecule has 1 saturated carbocycles. The van der Waals surface area contributed by atoms with Crippen molar-refractivity contribution in [3.05, 3.63) is 0 Å². The van der Waals surface area contributed by atoms with Crippen LogP contribution in [0, 0.1) is 70.4 Å². The zero-order valence-corrected chi connectivity index (χ0v) is 38.6. The fourth-order valence-corrected chi connectivity index (χ4v) is 7.52. The quantitative estimate of drug-likeness (QED) is 0.0143. The van der Waals surface area contributed by atoms with E-state index in [2.05, 4.69) is 81.8 Å². The molecular formula is C43H84O17P2S. The van der Waals surface area contributed by atoms with Crippen LogP contribution in [0.25, 0.3) is 0 Å². The molecule has 8 N–H and O–H groups in total. The van der Waals surface area contributed by atoms with Gasteiger partial charge < -0.3 is 49.7 Å². The second-order valence-corrected chi connectivity index (χ2v) is 17.2. The monoisotopic (exact) mass is 966 g/mol. The average molecular weight is 967 g/mol. The van der Waals surface area contributed by atoms with Gasteiger partial charge in [-0.3, -0.25) is 23.2 Å². The molecule has 1 aliphatic rings. The van der Waals surface area contributed by atoms with Crippen LogP contribution in [0.2, 0.25) is 0 Å². The summed E-state index contributed by atoms with van der Waals surface area (Å²) in [6, 6.07) is 0. The molecule has 17 nitrogen and oxygen atoms in total. The highest BCUT2D eigenvalue weighted by Crippen LogP contribution is 2.48. The van der Waals surface area contributed by atoms with E-state index in [0.29, 0.717) is 12.8 Å². The first kappa shape index (κ1) is 59.8. The summed E-state index contributed by atoms with van der Waals surface area (Å²) in [4.78, 5) is 51.3. The third kappa shape index (κ3) is 32.2. The Morgan fingerprint density at radius 1 is 0.619 bits per heavy atom. The van der Waals surface area contributed by atoms with E-state index >= 15 is 0 Å². The largest absolute Gasteiger partial charge is 0.472 e. The van der Waals surface area contributed by atoms with E-state index in [1.807, 2.05) is 6.92 Å². The topological polar surface area (TPSA) is 276 Å². The molecule has 0 radical (unpaired) electrons. The van der Waals surface area contributed by atoms with Gasteiger partial charge in [-0.25, -0.2) is 9.13 Å². The highest BCUT2D eigenvalue weighted by molar-refractivity contribution is 8.17. The van der Waals surface area contributed by atoms with Crippen molar-refractivity contribution >= 4 is 38.5 Å². The minimum Gasteiger partial charge on any atom is -0.457 e. The van der Waals surface area contributed by atoms with Crippen LogP contribution in [0.15, 0.2) is 0 Å². The summed E-state index contributed by atoms with van der Waals surface area (Å²) in [5.41, 5.74) is 0. The van der Waals surface area contributed by atoms with Gasteiger partial charge in [-0.1, -0.05) is 96.8 Å². The van der Waals surface area contributed by atoms with Gasteiger partial charge in [-0.05, 0) is 84.2 Å². The first-order valence-corrected chi connectivity index (χ1v) is 24.5. The molecule has 1 fully saturated rings. The van der Waals surface area contributed by atoms with Crippen molar-refractivity contribution in [2.45, 2.75) is 166 Å². The number of hydrogen-bond acceptors (Lipinski definition) is 15. The summed E-state index contributed by atoms with van der Waals surface area (Å²) in [5.74, 6) is 27.2. The molecule has 1 rings (SSSR count). The lowest BCUT2D eigenvalue weighted by atomic mass is 9.85. The summed E-state index contributed by atoms with van der Waals surface area (Å²) >= 11 is 0.971. The van der Waals surface area contributed by atoms with Crippen molar-refractivity contribution in [1.29, 1.82) is 0 Å². The van der Waals surface area contributed by atoms with Gasteiger partial charge in [0.15, 0.2) is 0 Å². The van der Waals surface area contributed by atoms with E-state index in [1.54, 1.807) is 6.92 Å². The normalized spacial score (nSPS) is 20.1. The molecule has 0 amide bonds. The van der Waals surface area contributed by atoms with Crippen LogP contribution in [0.3, 0.4) is 0 Å². The smallest absolute Gasteiger partial charge is 0.457 e. The standard InChI is InChI=1S/C26H52O16P2.C17H10OS.11H2/c1-2-3-4-5-6-7-8-9-10-11-12-13-14-15-20(28)40-19(16-38-18-27)17-39-44(36,37)42-26-23(31)21(29)25(22(30)24(26)32)41-43(33,34)35;1-3-5-6-7-8-9-10-11-12-13-14-16-19-17(18)15-4-2;;;;;;;;;;;/h19,21-27,29-32H,2-18H2,1H3,(H,36,37)(H2,33,34,35);4,15H2,1-2H3;11*1H/t19-,21+,22?,23?,24+,25?,26?;;;;;;;;;;;;/m1............/s1. The number of ether oxygens (including phenoxy) is 2. The number of unbranched alkanes of at least 4 members (excludes halogenated alkanes) is 12. The number of aliphatic hydroxyl groups excluding tert-OH is 5. The lowest BCUT2D eigenvalue weighted by molar-refractivity contribution is -0.216. The molecule has 1 aliphatic carbocycles. The molecule has 0 aromatic rings. The molecule has 374 valence electrons. The number of rotatable bonds is 27. The number of carbonyl (C=O) groups is 2. The van der Waals surface area contributed by atoms with Crippen LogP contribution < -0.4 is 0 Å². The summed E-state index contributed by atoms with van der Waals surface area (Å²) in [6.45, 7) is 3.93. The molecule has 63 heavy (non-hydrogen) atoms. The molecule has 5 unspecified atom stereocenters. The summed E-state index contributed by atoms with van der Waals surface area (Å²) in [6.07, 6.45) is 1.66. The Balaban J connectivity index is -0.000000111. The Hall–Kier alpha value is -3.17. The molecule has 0 aliphatic heterocycles. The van der Waals surface area contributed by atoms with Gasteiger partial charge in [0.2, 0.25) is 5.12 Å². The molecule has 0 saturated heterocycles. The molecule has 20 heteroatoms. The number of phosphoric acid groups is 2. The highest BCUT2D eigenvalue weighted by atomic mass is 32.2. The number of phosphoric ester groups is 2. The lowest BCUT2D eigenvalue weighted by Crippen LogP contribution is -2.64. The van der Waals surface area contributed by atoms with Crippen molar-refractivity contribution in [3.63, 3.8) is 0 Å². The second kappa shape index (κ2) is 37.1. The highest BCUT2D eigenvalue weighted by Gasteiger charge is 2.54. The zero-order chi connectivity index (χ0) is 47.4. The molecule has 0 aromatic heterocycles. The lowest BCUT2D eigenvalue weighted by Gasteiger charge is -2.43. The fraction of sp³-hybridized carbons (Fsp3) is 0.674. The van der Waals surface area contributed by atoms with Crippen LogP contribution >= 0.6 is 27.4 Å². The summed E-state index contributed by atoms with van der Waals surface area (Å²) in [5, 5.41) is 52.2. The van der Waals surface area contributed by atoms with Crippen molar-refractivity contribution in [2.24, 2.45) is 0 Å². The van der Waals surface area contributed by atoms with Gasteiger partial charge in [-0.2, -0.15) is 0 Å². The van der Waals surface area contributed by atoms with Crippen LogP contribution in [-0.4, -0.2) is 114 Å². The molecule has 0 spiro atoms. The Morgan fingerprint density at radius 3 is 1.51 bits per heavy atom. The van der Waals surface area contributed by atoms with Gasteiger partial charge >= 0.3 is 21.6 Å². The van der Waals surface area contributed by atoms with Gasteiger partial charge in [0.05, 0.1) is 13.2 Å². The van der Waals surface area contributed by atoms with E-state index in [9.17, 15) is 44.0 Å². The fourth-order valence-electron chi connectivity index (χ4n) is 5.46. The van der Waals surface area contributed by atoms with E-state index in [-0.39, 0.29) is 27.2 Å². The van der Waals surface area contributed by atoms with Gasteiger partial charge in [0, 0.05) is 40.3 Å². The van der Waals surface area contributed by atoms with E-state index in [0.717, 1.165) is 43.9 Å². The third-order valence-electron chi connectivity index (χ3n) is 8.52. The van der Waals surface area contributed by atoms with Crippen molar-refractivity contribution in [3.8, 4) is 70.4 Å². The average Bonchev–Trinajstić information content (AvgIpc) is 3.23. The Bertz CT molecular complexity index is 1850. The predicted octanol–water partition coefficient (Wildman–Crippen LogP) is 6.53. The second-order valence-electron chi connectivity index (χ2n) is 13.8. The number of aliphatic hydroxyl groups is 5. The first-order chi connectivity index (χ1) is 30.0. The summed E-state index contributed by atoms with van der Waals surface area (Å²) < 4.78 is 47.3. The molecule has 0 heterocycles. The molecular weight excluding hydrogens is 882 g/mol. The Kier molecular flexibility index (Phi) is 35.2. The maximum absolute atomic E-state index is 12.5. The minimum atomic E-state index is -5.27. The van der Waals surface area contributed by atoms with Gasteiger partial charge in [0.25, 0.3) is 0 Å². The Morgan fingerprint density at radius 2 is 1.06 bits per heavy atom. The minimum absolute atomic E-state index is 0. The van der Waals surface area contributed by atoms with Crippen molar-refractivity contribution < 1.29 is 97.7 Å². The predicted molar refractivity (Wildman–Crippen MR) is 258 cm³/mol. The van der Waals surface area contributed by atoms with Crippen LogP contribution in [0.1, 0.15) is 139 Å². The maximum atomic E-state index is 12.5. The van der Waals surface area contributed by atoms with Crippen LogP contribution in [-0.2, 0) is 41.8 Å². The molecule has 0 aromatic carbocycles. The molecule has 8 atom stereocenters. The van der Waals surface area contributed by atoms with E-state index in [4.69, 9.17) is 33.4 Å². The number of hydrogen-bond donors (Lipinski definition) is 8. The molecule has 0 bridgehead atoms. The van der Waals surface area contributed by atoms with Crippen LogP contribution in [0.5, 0.6) is 0 Å². The maximum Gasteiger partial charge on any atom is 0.472 e. The SMILES string of the molecule is CC#CC#CC#CC#CC#CC#CSC(=O)CCC.CCCCCCCCCCCCCCCC(=O)O[C@H](COCO)COP(=O)(O)OC1C(O)[C@H](O)C(OP(=O)(O)O)C(O)[C@@H]1O.[HH].[HH].[HH].[HH].[HH].[HH].[HH].[HH].[HH].[HH].[HH]. The van der Waals surface area contributed by atoms with E-state index < -0.39 is 84.3 Å². The van der Waals surface area contributed by atoms with Crippen molar-refractivity contribution in [1.82, 2.24) is 0 Å². The zero-order valence-electron chi connectivity index (χ0n) is 36.0. The number of carbonyl (C=O) groups excluding carboxylic acids is 2. The van der Waals surface area contributed by atoms with Gasteiger partial charge in [-0.15, -0.1) is 0 Å². The Labute approximate surface area is 392 Å². The van der Waals surface area contributed by atoms with E-state index in [1.165, 1.54) is 51.4 Å². The third-order valence-corrected chi connectivity index (χ3v) is 10.7. The van der Waals surface area contributed by atoms with Crippen LogP contribution in [0.4, 0.5) is 0 Å². The van der Waals surface area contributed by atoms with Gasteiger partial charge in [0.1, 0.15) is 49.5 Å². The van der Waals surface area contributed by atoms with Crippen molar-refractivity contribution in [2.75, 3.05) is 20.0 Å². The summed E-state index contributed by atoms with van der Waals surface area (Å²) in [7, 11) is -10.4. The first-order valence-electron chi connectivity index (χ1n) is 20.6. The number of thioether (sulfide) groups is 1.